The van der Waals surface area contributed by atoms with Gasteiger partial charge in [0.15, 0.2) is 0 Å². The summed E-state index contributed by atoms with van der Waals surface area (Å²) in [6.45, 7) is 9.01. The highest BCUT2D eigenvalue weighted by Crippen LogP contribution is 2.21. The normalized spacial score (nSPS) is 29.5. The molecule has 116 valence electrons. The molecule has 4 rings (SSSR count). The van der Waals surface area contributed by atoms with Gasteiger partial charge in [0, 0.05) is 44.8 Å². The second-order valence-corrected chi connectivity index (χ2v) is 6.26. The number of nitrogens with zero attached hydrogens (tertiary/aromatic N) is 2. The van der Waals surface area contributed by atoms with Crippen molar-refractivity contribution in [3.63, 3.8) is 0 Å². The van der Waals surface area contributed by atoms with Crippen LogP contribution in [0.15, 0.2) is 24.3 Å². The third-order valence-electron chi connectivity index (χ3n) is 4.84. The zero-order chi connectivity index (χ0) is 14.7. The Morgan fingerprint density at radius 3 is 2.62 bits per heavy atom. The van der Waals surface area contributed by atoms with Crippen molar-refractivity contribution >= 4 is 0 Å². The first kappa shape index (κ1) is 14.9. The minimum atomic E-state index is -0.0722. The van der Waals surface area contributed by atoms with Crippen molar-refractivity contribution in [1.29, 1.82) is 0 Å². The van der Waals surface area contributed by atoms with E-state index in [4.69, 9.17) is 0 Å². The van der Waals surface area contributed by atoms with Crippen LogP contribution >= 0.6 is 0 Å². The van der Waals surface area contributed by atoms with Gasteiger partial charge in [0.2, 0.25) is 0 Å². The van der Waals surface area contributed by atoms with Gasteiger partial charge in [-0.15, -0.1) is 0 Å². The van der Waals surface area contributed by atoms with Crippen molar-refractivity contribution in [3.05, 3.63) is 35.6 Å². The van der Waals surface area contributed by atoms with Crippen molar-refractivity contribution in [2.24, 2.45) is 0 Å². The first-order valence-electron chi connectivity index (χ1n) is 8.21. The van der Waals surface area contributed by atoms with Gasteiger partial charge in [0.25, 0.3) is 0 Å². The summed E-state index contributed by atoms with van der Waals surface area (Å²) in [7, 11) is 0. The summed E-state index contributed by atoms with van der Waals surface area (Å²) >= 11 is 0. The Balaban J connectivity index is 1.73. The van der Waals surface area contributed by atoms with E-state index in [0.29, 0.717) is 12.1 Å². The molecule has 4 heteroatoms. The van der Waals surface area contributed by atoms with Crippen LogP contribution in [0.1, 0.15) is 18.9 Å². The molecule has 3 nitrogen and oxygen atoms in total. The maximum Gasteiger partial charge on any atom is 0.126 e. The van der Waals surface area contributed by atoms with Gasteiger partial charge in [-0.25, -0.2) is 4.39 Å². The largest absolute Gasteiger partial charge is 0.312 e. The number of nitrogens with one attached hydrogen (secondary N) is 1. The fraction of sp³-hybridized carbons (Fsp3) is 0.647. The minimum Gasteiger partial charge on any atom is -0.312 e. The van der Waals surface area contributed by atoms with Gasteiger partial charge in [-0.05, 0) is 31.0 Å². The summed E-state index contributed by atoms with van der Waals surface area (Å²) in [5, 5.41) is 3.66. The highest BCUT2D eigenvalue weighted by atomic mass is 19.1. The molecule has 2 unspecified atom stereocenters. The number of fused-ring (bicyclic) bond motifs is 3. The van der Waals surface area contributed by atoms with Gasteiger partial charge < -0.3 is 5.32 Å². The summed E-state index contributed by atoms with van der Waals surface area (Å²) in [6, 6.07) is 8.05. The fourth-order valence-corrected chi connectivity index (χ4v) is 3.61. The van der Waals surface area contributed by atoms with E-state index in [2.05, 4.69) is 22.0 Å². The number of halogens is 1. The van der Waals surface area contributed by atoms with E-state index < -0.39 is 0 Å². The number of rotatable bonds is 6. The van der Waals surface area contributed by atoms with E-state index in [1.807, 2.05) is 12.1 Å². The molecule has 3 aliphatic heterocycles. The van der Waals surface area contributed by atoms with E-state index in [1.165, 1.54) is 13.1 Å². The average Bonchev–Trinajstić information content (AvgIpc) is 2.54. The Morgan fingerprint density at radius 2 is 2.00 bits per heavy atom. The molecule has 0 amide bonds. The molecular weight excluding hydrogens is 265 g/mol. The SMILES string of the molecule is CCCNC(Cc1ccccc1F)C1CN2CCN1CC2. The van der Waals surface area contributed by atoms with Gasteiger partial charge in [0.05, 0.1) is 0 Å². The number of benzene rings is 1. The molecule has 0 aliphatic carbocycles. The maximum absolute atomic E-state index is 14.0. The molecule has 1 aromatic rings. The highest BCUT2D eigenvalue weighted by Gasteiger charge is 2.36. The van der Waals surface area contributed by atoms with Crippen molar-refractivity contribution in [3.8, 4) is 0 Å². The summed E-state index contributed by atoms with van der Waals surface area (Å²) < 4.78 is 14.0. The molecule has 0 aromatic heterocycles. The van der Waals surface area contributed by atoms with Crippen molar-refractivity contribution in [1.82, 2.24) is 15.1 Å². The van der Waals surface area contributed by atoms with Gasteiger partial charge in [-0.2, -0.15) is 0 Å². The molecule has 3 heterocycles. The first-order chi connectivity index (χ1) is 10.3. The lowest BCUT2D eigenvalue weighted by Gasteiger charge is -2.50. The molecule has 2 atom stereocenters. The molecule has 1 N–H and O–H groups in total. The van der Waals surface area contributed by atoms with Crippen LogP contribution in [0.25, 0.3) is 0 Å². The Hall–Kier alpha value is -0.970. The summed E-state index contributed by atoms with van der Waals surface area (Å²) in [5.74, 6) is -0.0722. The van der Waals surface area contributed by atoms with Gasteiger partial charge in [-0.3, -0.25) is 9.80 Å². The molecule has 21 heavy (non-hydrogen) atoms. The zero-order valence-corrected chi connectivity index (χ0v) is 12.9. The standard InChI is InChI=1S/C17H26FN3/c1-2-7-19-16(12-14-5-3-4-6-15(14)18)17-13-20-8-10-21(17)11-9-20/h3-6,16-17,19H,2,7-13H2,1H3. The second-order valence-electron chi connectivity index (χ2n) is 6.26. The van der Waals surface area contributed by atoms with Crippen LogP contribution in [0.2, 0.25) is 0 Å². The zero-order valence-electron chi connectivity index (χ0n) is 12.9. The van der Waals surface area contributed by atoms with Crippen LogP contribution in [0.3, 0.4) is 0 Å². The molecule has 1 aromatic carbocycles. The van der Waals surface area contributed by atoms with Gasteiger partial charge in [0.1, 0.15) is 5.82 Å². The Bertz CT molecular complexity index is 457. The Kier molecular flexibility index (Phi) is 4.88. The van der Waals surface area contributed by atoms with Crippen LogP contribution in [0, 0.1) is 5.82 Å². The lowest BCUT2D eigenvalue weighted by atomic mass is 9.94. The lowest BCUT2D eigenvalue weighted by Crippen LogP contribution is -2.66. The quantitative estimate of drug-likeness (QED) is 0.861. The minimum absolute atomic E-state index is 0.0722. The number of piperazine rings is 3. The van der Waals surface area contributed by atoms with E-state index in [0.717, 1.165) is 44.6 Å². The molecule has 3 fully saturated rings. The van der Waals surface area contributed by atoms with E-state index in [9.17, 15) is 4.39 Å². The molecule has 0 spiro atoms. The lowest BCUT2D eigenvalue weighted by molar-refractivity contribution is -0.00320. The van der Waals surface area contributed by atoms with Crippen LogP contribution in [-0.4, -0.2) is 61.2 Å². The summed E-state index contributed by atoms with van der Waals surface area (Å²) in [4.78, 5) is 5.14. The second kappa shape index (κ2) is 6.86. The Morgan fingerprint density at radius 1 is 1.24 bits per heavy atom. The number of hydrogen-bond donors (Lipinski definition) is 1. The Labute approximate surface area is 127 Å². The van der Waals surface area contributed by atoms with Crippen molar-refractivity contribution in [2.75, 3.05) is 39.3 Å². The van der Waals surface area contributed by atoms with E-state index in [-0.39, 0.29) is 5.82 Å². The molecule has 3 saturated heterocycles. The van der Waals surface area contributed by atoms with Gasteiger partial charge >= 0.3 is 0 Å². The third kappa shape index (κ3) is 3.44. The maximum atomic E-state index is 14.0. The van der Waals surface area contributed by atoms with Crippen LogP contribution in [-0.2, 0) is 6.42 Å². The predicted molar refractivity (Wildman–Crippen MR) is 84.0 cm³/mol. The van der Waals surface area contributed by atoms with Gasteiger partial charge in [-0.1, -0.05) is 25.1 Å². The predicted octanol–water partition coefficient (Wildman–Crippen LogP) is 1.74. The summed E-state index contributed by atoms with van der Waals surface area (Å²) in [6.07, 6.45) is 1.89. The topological polar surface area (TPSA) is 18.5 Å². The molecule has 0 radical (unpaired) electrons. The highest BCUT2D eigenvalue weighted by molar-refractivity contribution is 5.19. The van der Waals surface area contributed by atoms with Crippen molar-refractivity contribution < 1.29 is 4.39 Å². The van der Waals surface area contributed by atoms with Crippen LogP contribution < -0.4 is 5.32 Å². The smallest absolute Gasteiger partial charge is 0.126 e. The summed E-state index contributed by atoms with van der Waals surface area (Å²) in [5.41, 5.74) is 0.837. The molecule has 2 bridgehead atoms. The van der Waals surface area contributed by atoms with E-state index in [1.54, 1.807) is 12.1 Å². The van der Waals surface area contributed by atoms with Crippen LogP contribution in [0.4, 0.5) is 4.39 Å². The van der Waals surface area contributed by atoms with E-state index >= 15 is 0 Å². The molecule has 3 aliphatic rings. The average molecular weight is 291 g/mol. The number of hydrogen-bond acceptors (Lipinski definition) is 3. The third-order valence-corrected chi connectivity index (χ3v) is 4.84. The fourth-order valence-electron chi connectivity index (χ4n) is 3.61. The first-order valence-corrected chi connectivity index (χ1v) is 8.21. The molecular formula is C17H26FN3. The van der Waals surface area contributed by atoms with Crippen LogP contribution in [0.5, 0.6) is 0 Å². The van der Waals surface area contributed by atoms with Crippen molar-refractivity contribution in [2.45, 2.75) is 31.8 Å². The molecule has 0 saturated carbocycles. The monoisotopic (exact) mass is 291 g/mol.